The number of para-hydroxylation sites is 2. The Hall–Kier alpha value is -2.87. The van der Waals surface area contributed by atoms with E-state index in [1.807, 2.05) is 46.7 Å². The Morgan fingerprint density at radius 3 is 2.45 bits per heavy atom. The summed E-state index contributed by atoms with van der Waals surface area (Å²) >= 11 is 1.38. The van der Waals surface area contributed by atoms with E-state index in [0.29, 0.717) is 22.8 Å². The number of hydrogen-bond acceptors (Lipinski definition) is 5. The molecular weight excluding hydrogens is 439 g/mol. The van der Waals surface area contributed by atoms with Crippen molar-refractivity contribution >= 4 is 17.7 Å². The van der Waals surface area contributed by atoms with Crippen molar-refractivity contribution in [3.8, 4) is 11.4 Å². The zero-order valence-electron chi connectivity index (χ0n) is 19.1. The van der Waals surface area contributed by atoms with E-state index in [-0.39, 0.29) is 23.5 Å². The fraction of sp³-hybridized carbons (Fsp3) is 0.400. The van der Waals surface area contributed by atoms with E-state index >= 15 is 0 Å². The number of halogens is 1. The molecule has 3 aromatic rings. The van der Waals surface area contributed by atoms with Crippen molar-refractivity contribution in [1.82, 2.24) is 19.7 Å². The first-order chi connectivity index (χ1) is 15.9. The largest absolute Gasteiger partial charge is 0.483 e. The van der Waals surface area contributed by atoms with Gasteiger partial charge in [0.05, 0.1) is 5.25 Å². The molecule has 0 bridgehead atoms. The summed E-state index contributed by atoms with van der Waals surface area (Å²) in [7, 11) is 0. The van der Waals surface area contributed by atoms with E-state index < -0.39 is 5.82 Å². The average molecular weight is 469 g/mol. The molecule has 4 rings (SSSR count). The minimum Gasteiger partial charge on any atom is -0.483 e. The first-order valence-electron chi connectivity index (χ1n) is 11.2. The molecule has 0 N–H and O–H groups in total. The topological polar surface area (TPSA) is 60.3 Å². The third kappa shape index (κ3) is 5.55. The minimum atomic E-state index is -0.429. The number of rotatable bonds is 7. The molecule has 1 amide bonds. The highest BCUT2D eigenvalue weighted by atomic mass is 32.2. The summed E-state index contributed by atoms with van der Waals surface area (Å²) in [4.78, 5) is 15.2. The van der Waals surface area contributed by atoms with Crippen molar-refractivity contribution in [1.29, 1.82) is 0 Å². The highest BCUT2D eigenvalue weighted by Crippen LogP contribution is 2.29. The number of likely N-dealkylation sites (tertiary alicyclic amines) is 1. The highest BCUT2D eigenvalue weighted by molar-refractivity contribution is 8.00. The summed E-state index contributed by atoms with van der Waals surface area (Å²) in [5.41, 5.74) is 0.858. The Bertz CT molecular complexity index is 1080. The summed E-state index contributed by atoms with van der Waals surface area (Å²) in [6.45, 7) is 7.94. The van der Waals surface area contributed by atoms with Crippen LogP contribution in [0.5, 0.6) is 5.75 Å². The van der Waals surface area contributed by atoms with Gasteiger partial charge in [-0.15, -0.1) is 10.2 Å². The van der Waals surface area contributed by atoms with Gasteiger partial charge < -0.3 is 9.64 Å². The highest BCUT2D eigenvalue weighted by Gasteiger charge is 2.30. The molecule has 1 saturated heterocycles. The monoisotopic (exact) mass is 468 g/mol. The average Bonchev–Trinajstić information content (AvgIpc) is 3.20. The van der Waals surface area contributed by atoms with Crippen LogP contribution in [0.2, 0.25) is 0 Å². The van der Waals surface area contributed by atoms with Gasteiger partial charge in [0.2, 0.25) is 5.91 Å². The summed E-state index contributed by atoms with van der Waals surface area (Å²) in [5, 5.41) is 8.96. The first kappa shape index (κ1) is 23.3. The Kier molecular flexibility index (Phi) is 7.33. The van der Waals surface area contributed by atoms with Crippen LogP contribution in [0.15, 0.2) is 59.8 Å². The van der Waals surface area contributed by atoms with Gasteiger partial charge >= 0.3 is 0 Å². The zero-order chi connectivity index (χ0) is 23.4. The van der Waals surface area contributed by atoms with E-state index in [4.69, 9.17) is 4.74 Å². The Morgan fingerprint density at radius 2 is 1.76 bits per heavy atom. The van der Waals surface area contributed by atoms with Gasteiger partial charge in [0.15, 0.2) is 22.5 Å². The standard InChI is InChI=1S/C25H29FN4O2S/c1-17-13-18(2)15-29(14-17)24(31)19(3)33-25-28-27-23(30(25)20-9-5-4-6-10-20)16-32-22-12-8-7-11-21(22)26/h4-12,17-19H,13-16H2,1-3H3. The molecule has 2 heterocycles. The molecule has 174 valence electrons. The van der Waals surface area contributed by atoms with Crippen LogP contribution in [0, 0.1) is 17.7 Å². The number of hydrogen-bond donors (Lipinski definition) is 0. The Balaban J connectivity index is 1.55. The molecule has 3 atom stereocenters. The first-order valence-corrected chi connectivity index (χ1v) is 12.1. The maximum atomic E-state index is 14.0. The number of piperidine rings is 1. The van der Waals surface area contributed by atoms with E-state index in [0.717, 1.165) is 25.2 Å². The van der Waals surface area contributed by atoms with Crippen LogP contribution in [-0.2, 0) is 11.4 Å². The molecule has 0 spiro atoms. The van der Waals surface area contributed by atoms with Crippen molar-refractivity contribution in [2.24, 2.45) is 11.8 Å². The predicted octanol–water partition coefficient (Wildman–Crippen LogP) is 4.97. The lowest BCUT2D eigenvalue weighted by Crippen LogP contribution is -2.45. The van der Waals surface area contributed by atoms with Gasteiger partial charge in [0, 0.05) is 18.8 Å². The maximum absolute atomic E-state index is 14.0. The van der Waals surface area contributed by atoms with Gasteiger partial charge in [-0.05, 0) is 49.4 Å². The number of carbonyl (C=O) groups is 1. The Morgan fingerprint density at radius 1 is 1.09 bits per heavy atom. The van der Waals surface area contributed by atoms with Crippen molar-refractivity contribution in [3.63, 3.8) is 0 Å². The van der Waals surface area contributed by atoms with Gasteiger partial charge in [-0.1, -0.05) is 55.9 Å². The van der Waals surface area contributed by atoms with Crippen molar-refractivity contribution < 1.29 is 13.9 Å². The molecule has 6 nitrogen and oxygen atoms in total. The fourth-order valence-corrected chi connectivity index (χ4v) is 5.29. The smallest absolute Gasteiger partial charge is 0.235 e. The molecule has 0 aliphatic carbocycles. The van der Waals surface area contributed by atoms with Crippen LogP contribution in [0.4, 0.5) is 4.39 Å². The molecule has 1 fully saturated rings. The SMILES string of the molecule is CC1CC(C)CN(C(=O)C(C)Sc2nnc(COc3ccccc3F)n2-c2ccccc2)C1. The predicted molar refractivity (Wildman–Crippen MR) is 127 cm³/mol. The third-order valence-corrected chi connectivity index (χ3v) is 6.75. The summed E-state index contributed by atoms with van der Waals surface area (Å²) in [6.07, 6.45) is 1.15. The van der Waals surface area contributed by atoms with E-state index in [9.17, 15) is 9.18 Å². The number of carbonyl (C=O) groups excluding carboxylic acids is 1. The molecule has 0 radical (unpaired) electrons. The lowest BCUT2D eigenvalue weighted by molar-refractivity contribution is -0.132. The van der Waals surface area contributed by atoms with Gasteiger partial charge in [0.25, 0.3) is 0 Å². The molecule has 0 saturated carbocycles. The maximum Gasteiger partial charge on any atom is 0.235 e. The van der Waals surface area contributed by atoms with Crippen molar-refractivity contribution in [3.05, 3.63) is 66.2 Å². The number of amides is 1. The summed E-state index contributed by atoms with van der Waals surface area (Å²) in [5.74, 6) is 1.39. The van der Waals surface area contributed by atoms with Crippen LogP contribution in [0.25, 0.3) is 5.69 Å². The van der Waals surface area contributed by atoms with Crippen LogP contribution in [0.3, 0.4) is 0 Å². The van der Waals surface area contributed by atoms with Gasteiger partial charge in [-0.2, -0.15) is 0 Å². The number of benzene rings is 2. The zero-order valence-corrected chi connectivity index (χ0v) is 20.0. The molecule has 3 unspecified atom stereocenters. The normalized spacial score (nSPS) is 19.3. The summed E-state index contributed by atoms with van der Waals surface area (Å²) in [6, 6.07) is 15.9. The second-order valence-electron chi connectivity index (χ2n) is 8.74. The number of thioether (sulfide) groups is 1. The molecule has 33 heavy (non-hydrogen) atoms. The fourth-order valence-electron chi connectivity index (χ4n) is 4.32. The molecule has 1 aliphatic rings. The van der Waals surface area contributed by atoms with E-state index in [1.54, 1.807) is 18.2 Å². The second kappa shape index (κ2) is 10.4. The quantitative estimate of drug-likeness (QED) is 0.458. The number of ether oxygens (including phenoxy) is 1. The van der Waals surface area contributed by atoms with Crippen LogP contribution in [-0.4, -0.2) is 43.9 Å². The van der Waals surface area contributed by atoms with Crippen LogP contribution in [0.1, 0.15) is 33.0 Å². The lowest BCUT2D eigenvalue weighted by atomic mass is 9.92. The van der Waals surface area contributed by atoms with Gasteiger partial charge in [-0.3, -0.25) is 9.36 Å². The number of aromatic nitrogens is 3. The molecular formula is C25H29FN4O2S. The van der Waals surface area contributed by atoms with Gasteiger partial charge in [0.1, 0.15) is 6.61 Å². The minimum absolute atomic E-state index is 0.0485. The third-order valence-electron chi connectivity index (χ3n) is 5.72. The van der Waals surface area contributed by atoms with Gasteiger partial charge in [-0.25, -0.2) is 4.39 Å². The number of nitrogens with zero attached hydrogens (tertiary/aromatic N) is 4. The molecule has 1 aromatic heterocycles. The van der Waals surface area contributed by atoms with E-state index in [2.05, 4.69) is 24.0 Å². The van der Waals surface area contributed by atoms with Crippen molar-refractivity contribution in [2.45, 2.75) is 44.2 Å². The second-order valence-corrected chi connectivity index (χ2v) is 10.0. The van der Waals surface area contributed by atoms with Crippen molar-refractivity contribution in [2.75, 3.05) is 13.1 Å². The molecule has 8 heteroatoms. The van der Waals surface area contributed by atoms with Crippen LogP contribution >= 0.6 is 11.8 Å². The summed E-state index contributed by atoms with van der Waals surface area (Å²) < 4.78 is 21.6. The molecule has 1 aliphatic heterocycles. The molecule has 2 aromatic carbocycles. The van der Waals surface area contributed by atoms with E-state index in [1.165, 1.54) is 17.8 Å². The Labute approximate surface area is 198 Å². The van der Waals surface area contributed by atoms with Crippen LogP contribution < -0.4 is 4.74 Å². The lowest BCUT2D eigenvalue weighted by Gasteiger charge is -2.36.